The molecule has 1 atom stereocenters. The Morgan fingerprint density at radius 2 is 1.64 bits per heavy atom. The second-order valence-electron chi connectivity index (χ2n) is 9.78. The molecule has 1 unspecified atom stereocenters. The first-order chi connectivity index (χ1) is 15.7. The number of phenols is 1. The first-order valence-corrected chi connectivity index (χ1v) is 12.0. The lowest BCUT2D eigenvalue weighted by atomic mass is 9.93. The molecule has 2 aromatic carbocycles. The molecule has 3 amide bonds. The molecule has 2 aromatic rings. The van der Waals surface area contributed by atoms with Gasteiger partial charge in [-0.2, -0.15) is 0 Å². The fourth-order valence-electron chi connectivity index (χ4n) is 4.35. The number of aromatic hydroxyl groups is 1. The van der Waals surface area contributed by atoms with Crippen molar-refractivity contribution in [1.29, 1.82) is 0 Å². The Kier molecular flexibility index (Phi) is 8.37. The number of phenolic OH excluding ortho intramolecular Hbond substituents is 1. The molecule has 33 heavy (non-hydrogen) atoms. The maximum absolute atomic E-state index is 13.0. The number of carbonyl (C=O) groups excluding carboxylic acids is 2. The summed E-state index contributed by atoms with van der Waals surface area (Å²) < 4.78 is 0. The number of rotatable bonds is 7. The number of hydrogen-bond acceptors (Lipinski definition) is 3. The predicted octanol–water partition coefficient (Wildman–Crippen LogP) is 5.35. The van der Waals surface area contributed by atoms with Crippen LogP contribution in [0.3, 0.4) is 0 Å². The van der Waals surface area contributed by atoms with Crippen LogP contribution in [-0.2, 0) is 11.2 Å². The lowest BCUT2D eigenvalue weighted by molar-refractivity contribution is -0.121. The van der Waals surface area contributed by atoms with Gasteiger partial charge in [0.15, 0.2) is 0 Å². The molecule has 1 heterocycles. The van der Waals surface area contributed by atoms with E-state index in [1.54, 1.807) is 29.2 Å². The van der Waals surface area contributed by atoms with Crippen LogP contribution in [0.1, 0.15) is 57.7 Å². The summed E-state index contributed by atoms with van der Waals surface area (Å²) in [6.07, 6.45) is 2.25. The van der Waals surface area contributed by atoms with Crippen molar-refractivity contribution in [3.8, 4) is 5.75 Å². The van der Waals surface area contributed by atoms with Crippen molar-refractivity contribution < 1.29 is 14.7 Å². The van der Waals surface area contributed by atoms with Gasteiger partial charge in [-0.05, 0) is 54.4 Å². The highest BCUT2D eigenvalue weighted by Gasteiger charge is 2.29. The van der Waals surface area contributed by atoms with Gasteiger partial charge < -0.3 is 20.6 Å². The Hall–Kier alpha value is -3.02. The number of carbonyl (C=O) groups is 2. The number of urea groups is 1. The number of amides is 3. The zero-order valence-electron chi connectivity index (χ0n) is 20.2. The van der Waals surface area contributed by atoms with Crippen LogP contribution in [0.2, 0.25) is 0 Å². The summed E-state index contributed by atoms with van der Waals surface area (Å²) in [5, 5.41) is 15.9. The number of benzene rings is 2. The van der Waals surface area contributed by atoms with Gasteiger partial charge in [0.05, 0.1) is 11.7 Å². The zero-order valence-corrected chi connectivity index (χ0v) is 20.2. The maximum atomic E-state index is 13.0. The summed E-state index contributed by atoms with van der Waals surface area (Å²) in [6, 6.07) is 15.1. The lowest BCUT2D eigenvalue weighted by Gasteiger charge is -2.33. The van der Waals surface area contributed by atoms with Crippen molar-refractivity contribution in [1.82, 2.24) is 10.2 Å². The average molecular weight is 452 g/mol. The van der Waals surface area contributed by atoms with Crippen LogP contribution in [0.25, 0.3) is 0 Å². The van der Waals surface area contributed by atoms with Crippen LogP contribution in [0.5, 0.6) is 5.75 Å². The summed E-state index contributed by atoms with van der Waals surface area (Å²) in [7, 11) is 0. The number of piperidine rings is 1. The predicted molar refractivity (Wildman–Crippen MR) is 132 cm³/mol. The highest BCUT2D eigenvalue weighted by atomic mass is 16.3. The van der Waals surface area contributed by atoms with Crippen LogP contribution in [-0.4, -0.2) is 35.0 Å². The molecule has 3 rings (SSSR count). The Balaban J connectivity index is 1.54. The van der Waals surface area contributed by atoms with Gasteiger partial charge in [-0.25, -0.2) is 4.79 Å². The van der Waals surface area contributed by atoms with E-state index >= 15 is 0 Å². The monoisotopic (exact) mass is 451 g/mol. The molecule has 0 aliphatic carbocycles. The molecular weight excluding hydrogens is 414 g/mol. The van der Waals surface area contributed by atoms with Gasteiger partial charge in [-0.1, -0.05) is 64.1 Å². The van der Waals surface area contributed by atoms with Crippen LogP contribution in [0.15, 0.2) is 48.5 Å². The molecule has 178 valence electrons. The molecular formula is C27H37N3O3. The van der Waals surface area contributed by atoms with Gasteiger partial charge in [0.2, 0.25) is 5.91 Å². The van der Waals surface area contributed by atoms with E-state index in [4.69, 9.17) is 0 Å². The van der Waals surface area contributed by atoms with Gasteiger partial charge in [-0.3, -0.25) is 4.79 Å². The minimum atomic E-state index is -0.178. The summed E-state index contributed by atoms with van der Waals surface area (Å²) in [4.78, 5) is 27.4. The lowest BCUT2D eigenvalue weighted by Crippen LogP contribution is -2.47. The van der Waals surface area contributed by atoms with E-state index in [-0.39, 0.29) is 35.6 Å². The van der Waals surface area contributed by atoms with Crippen molar-refractivity contribution in [3.63, 3.8) is 0 Å². The summed E-state index contributed by atoms with van der Waals surface area (Å²) >= 11 is 0. The first kappa shape index (κ1) is 24.6. The molecule has 3 N–H and O–H groups in total. The van der Waals surface area contributed by atoms with Crippen LogP contribution < -0.4 is 10.6 Å². The van der Waals surface area contributed by atoms with Gasteiger partial charge >= 0.3 is 6.03 Å². The van der Waals surface area contributed by atoms with E-state index < -0.39 is 0 Å². The third-order valence-electron chi connectivity index (χ3n) is 6.24. The second-order valence-corrected chi connectivity index (χ2v) is 9.78. The number of nitrogens with zero attached hydrogens (tertiary/aromatic N) is 1. The van der Waals surface area contributed by atoms with Gasteiger partial charge in [-0.15, -0.1) is 0 Å². The largest absolute Gasteiger partial charge is 0.506 e. The average Bonchev–Trinajstić information content (AvgIpc) is 2.79. The van der Waals surface area contributed by atoms with E-state index in [0.717, 1.165) is 12.0 Å². The van der Waals surface area contributed by atoms with Crippen LogP contribution >= 0.6 is 0 Å². The van der Waals surface area contributed by atoms with Gasteiger partial charge in [0, 0.05) is 19.0 Å². The van der Waals surface area contributed by atoms with Crippen molar-refractivity contribution >= 4 is 17.6 Å². The number of para-hydroxylation sites is 2. The minimum Gasteiger partial charge on any atom is -0.506 e. The molecule has 0 radical (unpaired) electrons. The van der Waals surface area contributed by atoms with Gasteiger partial charge in [0.25, 0.3) is 0 Å². The molecule has 0 bridgehead atoms. The van der Waals surface area contributed by atoms with Crippen LogP contribution in [0, 0.1) is 17.8 Å². The summed E-state index contributed by atoms with van der Waals surface area (Å²) in [5.74, 6) is 0.632. The summed E-state index contributed by atoms with van der Waals surface area (Å²) in [5.41, 5.74) is 2.84. The third-order valence-corrected chi connectivity index (χ3v) is 6.24. The molecule has 0 spiro atoms. The zero-order chi connectivity index (χ0) is 24.0. The Bertz CT molecular complexity index is 932. The fraction of sp³-hybridized carbons (Fsp3) is 0.481. The quantitative estimate of drug-likeness (QED) is 0.497. The molecule has 0 aromatic heterocycles. The number of nitrogens with one attached hydrogen (secondary N) is 2. The maximum Gasteiger partial charge on any atom is 0.317 e. The van der Waals surface area contributed by atoms with Crippen molar-refractivity contribution in [2.24, 2.45) is 17.8 Å². The molecule has 6 nitrogen and oxygen atoms in total. The molecule has 1 aliphatic rings. The van der Waals surface area contributed by atoms with Crippen molar-refractivity contribution in [3.05, 3.63) is 59.7 Å². The molecule has 0 saturated carbocycles. The molecule has 1 fully saturated rings. The van der Waals surface area contributed by atoms with E-state index in [2.05, 4.69) is 62.6 Å². The number of anilines is 1. The van der Waals surface area contributed by atoms with E-state index in [9.17, 15) is 14.7 Å². The number of hydrogen-bond donors (Lipinski definition) is 3. The molecule has 6 heteroatoms. The Morgan fingerprint density at radius 1 is 1.00 bits per heavy atom. The van der Waals surface area contributed by atoms with Crippen molar-refractivity contribution in [2.75, 3.05) is 18.4 Å². The fourth-order valence-corrected chi connectivity index (χ4v) is 4.35. The highest BCUT2D eigenvalue weighted by Crippen LogP contribution is 2.26. The summed E-state index contributed by atoms with van der Waals surface area (Å²) in [6.45, 7) is 9.71. The van der Waals surface area contributed by atoms with Crippen LogP contribution in [0.4, 0.5) is 10.5 Å². The van der Waals surface area contributed by atoms with Gasteiger partial charge in [0.1, 0.15) is 5.75 Å². The molecule has 1 aliphatic heterocycles. The second kappa shape index (κ2) is 11.2. The smallest absolute Gasteiger partial charge is 0.317 e. The van der Waals surface area contributed by atoms with E-state index in [1.165, 1.54) is 5.56 Å². The first-order valence-electron chi connectivity index (χ1n) is 12.0. The standard InChI is InChI=1S/C27H37N3O3/c1-18(2)17-20-9-11-21(12-10-20)25(19(3)4)29-27(33)30-15-13-22(14-16-30)26(32)28-23-7-5-6-8-24(23)31/h5-12,18-19,22,25,31H,13-17H2,1-4H3,(H,28,32)(H,29,33). The van der Waals surface area contributed by atoms with Crippen molar-refractivity contribution in [2.45, 2.75) is 53.0 Å². The van der Waals surface area contributed by atoms with E-state index in [0.29, 0.717) is 37.5 Å². The minimum absolute atomic E-state index is 0.0552. The topological polar surface area (TPSA) is 81.7 Å². The highest BCUT2D eigenvalue weighted by molar-refractivity contribution is 5.94. The Labute approximate surface area is 197 Å². The normalized spacial score (nSPS) is 15.5. The Morgan fingerprint density at radius 3 is 2.21 bits per heavy atom. The molecule has 1 saturated heterocycles. The van der Waals surface area contributed by atoms with E-state index in [1.807, 2.05) is 0 Å². The number of likely N-dealkylation sites (tertiary alicyclic amines) is 1. The SMILES string of the molecule is CC(C)Cc1ccc(C(NC(=O)N2CCC(C(=O)Nc3ccccc3O)CC2)C(C)C)cc1. The third kappa shape index (κ3) is 6.73.